The highest BCUT2D eigenvalue weighted by molar-refractivity contribution is 8.18. The van der Waals surface area contributed by atoms with E-state index in [1.807, 2.05) is 24.3 Å². The molecule has 1 heterocycles. The SMILES string of the molecule is COC(=O)/C=C1/S/C(=N\N=Cc2ccc(C#CCCO)cc2)NC1=O. The van der Waals surface area contributed by atoms with Gasteiger partial charge in [0.25, 0.3) is 5.91 Å². The lowest BCUT2D eigenvalue weighted by Gasteiger charge is -1.93. The van der Waals surface area contributed by atoms with Gasteiger partial charge in [0.05, 0.1) is 24.8 Å². The Hall–Kier alpha value is -2.89. The molecule has 0 aromatic heterocycles. The fourth-order valence-corrected chi connectivity index (χ4v) is 2.40. The van der Waals surface area contributed by atoms with E-state index in [1.165, 1.54) is 13.3 Å². The van der Waals surface area contributed by atoms with Crippen LogP contribution in [0, 0.1) is 11.8 Å². The van der Waals surface area contributed by atoms with Crippen molar-refractivity contribution in [2.75, 3.05) is 13.7 Å². The van der Waals surface area contributed by atoms with Crippen LogP contribution in [0.2, 0.25) is 0 Å². The minimum Gasteiger partial charge on any atom is -0.466 e. The number of amides is 1. The fraction of sp³-hybridized carbons (Fsp3) is 0.176. The van der Waals surface area contributed by atoms with Crippen molar-refractivity contribution in [3.8, 4) is 11.8 Å². The molecule has 0 bridgehead atoms. The maximum Gasteiger partial charge on any atom is 0.331 e. The molecule has 1 aliphatic heterocycles. The molecule has 1 amide bonds. The Labute approximate surface area is 148 Å². The van der Waals surface area contributed by atoms with Crippen LogP contribution in [-0.2, 0) is 14.3 Å². The van der Waals surface area contributed by atoms with Gasteiger partial charge < -0.3 is 9.84 Å². The average molecular weight is 357 g/mol. The molecule has 0 aliphatic carbocycles. The van der Waals surface area contributed by atoms with Crippen molar-refractivity contribution < 1.29 is 19.4 Å². The van der Waals surface area contributed by atoms with Gasteiger partial charge in [-0.3, -0.25) is 10.1 Å². The lowest BCUT2D eigenvalue weighted by Crippen LogP contribution is -2.19. The Morgan fingerprint density at radius 1 is 1.40 bits per heavy atom. The highest BCUT2D eigenvalue weighted by Crippen LogP contribution is 2.23. The molecule has 0 unspecified atom stereocenters. The van der Waals surface area contributed by atoms with Crippen LogP contribution < -0.4 is 5.32 Å². The molecule has 1 aliphatic rings. The molecule has 128 valence electrons. The molecule has 1 aromatic carbocycles. The molecule has 0 atom stereocenters. The summed E-state index contributed by atoms with van der Waals surface area (Å²) >= 11 is 1.01. The van der Waals surface area contributed by atoms with Crippen molar-refractivity contribution in [3.63, 3.8) is 0 Å². The molecule has 2 N–H and O–H groups in total. The van der Waals surface area contributed by atoms with Crippen molar-refractivity contribution in [3.05, 3.63) is 46.4 Å². The zero-order chi connectivity index (χ0) is 18.1. The van der Waals surface area contributed by atoms with Gasteiger partial charge in [0, 0.05) is 18.1 Å². The average Bonchev–Trinajstić information content (AvgIpc) is 2.96. The number of nitrogens with zero attached hydrogens (tertiary/aromatic N) is 2. The lowest BCUT2D eigenvalue weighted by molar-refractivity contribution is -0.135. The first kappa shape index (κ1) is 18.4. The van der Waals surface area contributed by atoms with Gasteiger partial charge in [0.15, 0.2) is 5.17 Å². The van der Waals surface area contributed by atoms with Crippen LogP contribution in [0.3, 0.4) is 0 Å². The maximum absolute atomic E-state index is 11.6. The number of esters is 1. The summed E-state index contributed by atoms with van der Waals surface area (Å²) in [7, 11) is 1.24. The van der Waals surface area contributed by atoms with Crippen LogP contribution in [0.4, 0.5) is 0 Å². The van der Waals surface area contributed by atoms with E-state index in [0.29, 0.717) is 6.42 Å². The minimum absolute atomic E-state index is 0.0448. The van der Waals surface area contributed by atoms with E-state index in [2.05, 4.69) is 32.1 Å². The summed E-state index contributed by atoms with van der Waals surface area (Å²) < 4.78 is 4.48. The molecule has 2 rings (SSSR count). The number of methoxy groups -OCH3 is 1. The third-order valence-corrected chi connectivity index (χ3v) is 3.74. The number of rotatable bonds is 4. The molecule has 1 fully saturated rings. The quantitative estimate of drug-likeness (QED) is 0.276. The summed E-state index contributed by atoms with van der Waals surface area (Å²) in [6.45, 7) is 0.0448. The summed E-state index contributed by atoms with van der Waals surface area (Å²) in [6.07, 6.45) is 3.08. The van der Waals surface area contributed by atoms with Crippen LogP contribution in [0.25, 0.3) is 0 Å². The third kappa shape index (κ3) is 5.91. The van der Waals surface area contributed by atoms with E-state index in [1.54, 1.807) is 0 Å². The highest BCUT2D eigenvalue weighted by atomic mass is 32.2. The Bertz CT molecular complexity index is 801. The summed E-state index contributed by atoms with van der Waals surface area (Å²) in [6, 6.07) is 7.33. The van der Waals surface area contributed by atoms with Crippen molar-refractivity contribution in [1.82, 2.24) is 5.32 Å². The van der Waals surface area contributed by atoms with Gasteiger partial charge in [-0.25, -0.2) is 4.79 Å². The molecule has 8 heteroatoms. The van der Waals surface area contributed by atoms with Crippen LogP contribution in [0.15, 0.2) is 45.4 Å². The summed E-state index contributed by atoms with van der Waals surface area (Å²) in [4.78, 5) is 23.0. The van der Waals surface area contributed by atoms with E-state index >= 15 is 0 Å². The monoisotopic (exact) mass is 357 g/mol. The topological polar surface area (TPSA) is 100 Å². The van der Waals surface area contributed by atoms with Gasteiger partial charge in [-0.1, -0.05) is 24.0 Å². The Balaban J connectivity index is 1.98. The normalized spacial score (nSPS) is 16.8. The van der Waals surface area contributed by atoms with E-state index in [4.69, 9.17) is 5.11 Å². The van der Waals surface area contributed by atoms with Gasteiger partial charge in [-0.2, -0.15) is 5.10 Å². The second-order valence-electron chi connectivity index (χ2n) is 4.64. The number of amidine groups is 1. The predicted octanol–water partition coefficient (Wildman–Crippen LogP) is 1.03. The van der Waals surface area contributed by atoms with Gasteiger partial charge >= 0.3 is 5.97 Å². The Morgan fingerprint density at radius 3 is 2.84 bits per heavy atom. The number of benzene rings is 1. The van der Waals surface area contributed by atoms with Gasteiger partial charge in [0.2, 0.25) is 0 Å². The molecule has 0 spiro atoms. The number of hydrogen-bond donors (Lipinski definition) is 2. The zero-order valence-electron chi connectivity index (χ0n) is 13.4. The first-order valence-corrected chi connectivity index (χ1v) is 8.03. The van der Waals surface area contributed by atoms with E-state index in [0.717, 1.165) is 29.0 Å². The predicted molar refractivity (Wildman–Crippen MR) is 95.9 cm³/mol. The second kappa shape index (κ2) is 9.42. The molecule has 1 saturated heterocycles. The van der Waals surface area contributed by atoms with Crippen LogP contribution in [-0.4, -0.2) is 42.1 Å². The molecule has 1 aromatic rings. The fourth-order valence-electron chi connectivity index (χ4n) is 1.66. The van der Waals surface area contributed by atoms with Crippen LogP contribution in [0.5, 0.6) is 0 Å². The Morgan fingerprint density at radius 2 is 2.16 bits per heavy atom. The number of nitrogens with one attached hydrogen (secondary N) is 1. The molecule has 0 radical (unpaired) electrons. The molecule has 25 heavy (non-hydrogen) atoms. The van der Waals surface area contributed by atoms with Crippen LogP contribution in [0.1, 0.15) is 17.5 Å². The van der Waals surface area contributed by atoms with E-state index in [-0.39, 0.29) is 16.7 Å². The molecule has 0 saturated carbocycles. The highest BCUT2D eigenvalue weighted by Gasteiger charge is 2.24. The standard InChI is InChI=1S/C17H15N3O4S/c1-24-15(22)10-14-16(23)19-17(25-14)20-18-11-13-7-5-12(6-8-13)4-2-3-9-21/h5-8,10-11,21H,3,9H2,1H3,(H,19,20,23)/b14-10+,18-11?. The smallest absolute Gasteiger partial charge is 0.331 e. The van der Waals surface area contributed by atoms with Gasteiger partial charge in [-0.05, 0) is 29.5 Å². The van der Waals surface area contributed by atoms with Crippen molar-refractivity contribution in [1.29, 1.82) is 0 Å². The zero-order valence-corrected chi connectivity index (χ0v) is 14.2. The first-order valence-electron chi connectivity index (χ1n) is 7.22. The third-order valence-electron chi connectivity index (χ3n) is 2.84. The molecular formula is C17H15N3O4S. The van der Waals surface area contributed by atoms with Crippen molar-refractivity contribution in [2.24, 2.45) is 10.2 Å². The second-order valence-corrected chi connectivity index (χ2v) is 5.67. The van der Waals surface area contributed by atoms with Crippen molar-refractivity contribution in [2.45, 2.75) is 6.42 Å². The number of thioether (sulfide) groups is 1. The molecular weight excluding hydrogens is 342 g/mol. The van der Waals surface area contributed by atoms with Crippen molar-refractivity contribution >= 4 is 35.0 Å². The number of aliphatic hydroxyl groups excluding tert-OH is 1. The first-order chi connectivity index (χ1) is 12.1. The van der Waals surface area contributed by atoms with Crippen LogP contribution >= 0.6 is 11.8 Å². The number of carbonyl (C=O) groups excluding carboxylic acids is 2. The Kier molecular flexibility index (Phi) is 6.95. The summed E-state index contributed by atoms with van der Waals surface area (Å²) in [5.41, 5.74) is 1.66. The molecule has 7 nitrogen and oxygen atoms in total. The minimum atomic E-state index is -0.607. The summed E-state index contributed by atoms with van der Waals surface area (Å²) in [5, 5.41) is 19.3. The van der Waals surface area contributed by atoms with Gasteiger partial charge in [0.1, 0.15) is 0 Å². The van der Waals surface area contributed by atoms with Gasteiger partial charge in [-0.15, -0.1) is 5.10 Å². The number of aliphatic hydroxyl groups is 1. The van der Waals surface area contributed by atoms with E-state index < -0.39 is 11.9 Å². The number of ether oxygens (including phenoxy) is 1. The maximum atomic E-state index is 11.6. The number of carbonyl (C=O) groups is 2. The largest absolute Gasteiger partial charge is 0.466 e. The summed E-state index contributed by atoms with van der Waals surface area (Å²) in [5.74, 6) is 4.74. The van der Waals surface area contributed by atoms with E-state index in [9.17, 15) is 9.59 Å². The number of hydrogen-bond acceptors (Lipinski definition) is 7. The lowest BCUT2D eigenvalue weighted by atomic mass is 10.1.